The highest BCUT2D eigenvalue weighted by atomic mass is 32.1. The Morgan fingerprint density at radius 3 is 2.88 bits per heavy atom. The molecule has 8 nitrogen and oxygen atoms in total. The normalized spacial score (nSPS) is 11.4. The van der Waals surface area contributed by atoms with Crippen molar-refractivity contribution in [2.75, 3.05) is 0 Å². The minimum absolute atomic E-state index is 0.121. The number of hydrogen-bond acceptors (Lipinski definition) is 6. The van der Waals surface area contributed by atoms with E-state index in [9.17, 15) is 9.59 Å². The molecular weight excluding hydrogens is 352 g/mol. The molecule has 138 valence electrons. The monoisotopic (exact) mass is 374 g/mol. The molecule has 0 aliphatic heterocycles. The number of nitrogens with zero attached hydrogens (tertiary/aromatic N) is 4. The topological polar surface area (TPSA) is 106 Å². The number of thiophene rings is 1. The van der Waals surface area contributed by atoms with Crippen LogP contribution >= 0.6 is 11.3 Å². The molecule has 0 atom stereocenters. The van der Waals surface area contributed by atoms with Crippen LogP contribution in [0.25, 0.3) is 10.2 Å². The van der Waals surface area contributed by atoms with E-state index < -0.39 is 0 Å². The predicted molar refractivity (Wildman–Crippen MR) is 100 cm³/mol. The van der Waals surface area contributed by atoms with E-state index in [2.05, 4.69) is 25.5 Å². The first-order chi connectivity index (χ1) is 12.4. The van der Waals surface area contributed by atoms with Gasteiger partial charge in [-0.25, -0.2) is 4.98 Å². The predicted octanol–water partition coefficient (Wildman–Crippen LogP) is 2.02. The van der Waals surface area contributed by atoms with Crippen molar-refractivity contribution in [3.05, 3.63) is 38.8 Å². The molecule has 0 saturated carbocycles. The van der Waals surface area contributed by atoms with Crippen LogP contribution in [0.4, 0.5) is 0 Å². The van der Waals surface area contributed by atoms with Crippen molar-refractivity contribution in [3.8, 4) is 0 Å². The van der Waals surface area contributed by atoms with Gasteiger partial charge in [-0.3, -0.25) is 9.59 Å². The summed E-state index contributed by atoms with van der Waals surface area (Å²) < 4.78 is 1.91. The van der Waals surface area contributed by atoms with Gasteiger partial charge in [-0.1, -0.05) is 0 Å². The summed E-state index contributed by atoms with van der Waals surface area (Å²) in [7, 11) is 0. The Bertz CT molecular complexity index is 1000. The quantitative estimate of drug-likeness (QED) is 0.687. The van der Waals surface area contributed by atoms with Gasteiger partial charge in [0.2, 0.25) is 5.91 Å². The number of hydrogen-bond donors (Lipinski definition) is 2. The average Bonchev–Trinajstić information content (AvgIpc) is 3.16. The lowest BCUT2D eigenvalue weighted by Gasteiger charge is -2.10. The Balaban J connectivity index is 1.62. The summed E-state index contributed by atoms with van der Waals surface area (Å²) in [4.78, 5) is 33.5. The number of aromatic nitrogens is 5. The molecule has 0 aliphatic rings. The summed E-state index contributed by atoms with van der Waals surface area (Å²) in [6.45, 7) is 8.28. The molecule has 0 fully saturated rings. The zero-order valence-electron chi connectivity index (χ0n) is 15.3. The van der Waals surface area contributed by atoms with Gasteiger partial charge in [0, 0.05) is 23.8 Å². The van der Waals surface area contributed by atoms with Crippen LogP contribution in [-0.2, 0) is 17.8 Å². The number of nitrogens with one attached hydrogen (secondary N) is 2. The van der Waals surface area contributed by atoms with Gasteiger partial charge in [0.05, 0.1) is 11.9 Å². The van der Waals surface area contributed by atoms with Crippen LogP contribution < -0.4 is 10.9 Å². The zero-order valence-corrected chi connectivity index (χ0v) is 16.1. The van der Waals surface area contributed by atoms with E-state index in [0.29, 0.717) is 30.0 Å². The smallest absolute Gasteiger partial charge is 0.259 e. The van der Waals surface area contributed by atoms with Crippen molar-refractivity contribution in [1.29, 1.82) is 0 Å². The van der Waals surface area contributed by atoms with Crippen LogP contribution in [0.3, 0.4) is 0 Å². The first-order valence-corrected chi connectivity index (χ1v) is 9.32. The lowest BCUT2D eigenvalue weighted by molar-refractivity contribution is -0.121. The fourth-order valence-electron chi connectivity index (χ4n) is 2.74. The Morgan fingerprint density at radius 1 is 1.38 bits per heavy atom. The first-order valence-electron chi connectivity index (χ1n) is 8.50. The molecule has 26 heavy (non-hydrogen) atoms. The number of carbonyl (C=O) groups is 1. The molecule has 0 aromatic carbocycles. The van der Waals surface area contributed by atoms with E-state index >= 15 is 0 Å². The third kappa shape index (κ3) is 3.67. The van der Waals surface area contributed by atoms with E-state index in [4.69, 9.17) is 0 Å². The second kappa shape index (κ2) is 7.36. The van der Waals surface area contributed by atoms with Crippen LogP contribution in [-0.4, -0.2) is 30.6 Å². The maximum atomic E-state index is 12.3. The Labute approximate surface area is 154 Å². The maximum Gasteiger partial charge on any atom is 0.259 e. The number of rotatable bonds is 6. The van der Waals surface area contributed by atoms with Gasteiger partial charge in [0.15, 0.2) is 5.82 Å². The number of H-pyrrole nitrogens is 1. The molecule has 0 unspecified atom stereocenters. The third-order valence-corrected chi connectivity index (χ3v) is 5.43. The van der Waals surface area contributed by atoms with Gasteiger partial charge in [-0.05, 0) is 33.3 Å². The van der Waals surface area contributed by atoms with Crippen molar-refractivity contribution < 1.29 is 4.79 Å². The summed E-state index contributed by atoms with van der Waals surface area (Å²) >= 11 is 1.50. The third-order valence-electron chi connectivity index (χ3n) is 4.32. The van der Waals surface area contributed by atoms with Gasteiger partial charge in [0.25, 0.3) is 5.56 Å². The highest BCUT2D eigenvalue weighted by molar-refractivity contribution is 7.18. The van der Waals surface area contributed by atoms with Crippen LogP contribution in [0.2, 0.25) is 0 Å². The van der Waals surface area contributed by atoms with E-state index in [1.807, 2.05) is 32.3 Å². The molecule has 0 radical (unpaired) electrons. The van der Waals surface area contributed by atoms with Gasteiger partial charge in [0.1, 0.15) is 17.0 Å². The standard InChI is InChI=1S/C17H22N6O2S/c1-9(2)23-8-19-22-13(23)7-18-14(24)6-5-12-20-16(25)15-10(3)11(4)26-17(15)21-12/h8-9H,5-7H2,1-4H3,(H,18,24)(H,20,21,25). The van der Waals surface area contributed by atoms with Crippen molar-refractivity contribution in [2.45, 2.75) is 53.1 Å². The molecule has 0 bridgehead atoms. The second-order valence-electron chi connectivity index (χ2n) is 6.50. The molecule has 1 amide bonds. The molecule has 0 spiro atoms. The van der Waals surface area contributed by atoms with E-state index in [0.717, 1.165) is 15.3 Å². The minimum atomic E-state index is -0.141. The van der Waals surface area contributed by atoms with Crippen molar-refractivity contribution in [1.82, 2.24) is 30.0 Å². The highest BCUT2D eigenvalue weighted by Crippen LogP contribution is 2.25. The SMILES string of the molecule is Cc1sc2nc(CCC(=O)NCc3nncn3C(C)C)[nH]c(=O)c2c1C. The Morgan fingerprint density at radius 2 is 2.15 bits per heavy atom. The summed E-state index contributed by atoms with van der Waals surface area (Å²) in [5, 5.41) is 11.4. The first kappa shape index (κ1) is 18.2. The van der Waals surface area contributed by atoms with E-state index in [1.165, 1.54) is 11.3 Å². The average molecular weight is 374 g/mol. The fraction of sp³-hybridized carbons (Fsp3) is 0.471. The van der Waals surface area contributed by atoms with Crippen LogP contribution in [0.5, 0.6) is 0 Å². The van der Waals surface area contributed by atoms with Gasteiger partial charge < -0.3 is 14.9 Å². The highest BCUT2D eigenvalue weighted by Gasteiger charge is 2.13. The molecule has 3 heterocycles. The zero-order chi connectivity index (χ0) is 18.8. The second-order valence-corrected chi connectivity index (χ2v) is 7.70. The molecule has 3 aromatic rings. The lowest BCUT2D eigenvalue weighted by atomic mass is 10.2. The number of carbonyl (C=O) groups excluding carboxylic acids is 1. The summed E-state index contributed by atoms with van der Waals surface area (Å²) in [5.41, 5.74) is 0.828. The minimum Gasteiger partial charge on any atom is -0.349 e. The summed E-state index contributed by atoms with van der Waals surface area (Å²) in [6, 6.07) is 0.232. The van der Waals surface area contributed by atoms with Crippen LogP contribution in [0.1, 0.15) is 48.4 Å². The molecule has 3 rings (SSSR count). The molecular formula is C17H22N6O2S. The van der Waals surface area contributed by atoms with Crippen LogP contribution in [0, 0.1) is 13.8 Å². The number of aromatic amines is 1. The summed E-state index contributed by atoms with van der Waals surface area (Å²) in [6.07, 6.45) is 2.28. The Kier molecular flexibility index (Phi) is 5.17. The number of aryl methyl sites for hydroxylation is 3. The van der Waals surface area contributed by atoms with Crippen molar-refractivity contribution in [3.63, 3.8) is 0 Å². The lowest BCUT2D eigenvalue weighted by Crippen LogP contribution is -2.25. The Hall–Kier alpha value is -2.55. The largest absolute Gasteiger partial charge is 0.349 e. The van der Waals surface area contributed by atoms with E-state index in [-0.39, 0.29) is 23.9 Å². The fourth-order valence-corrected chi connectivity index (χ4v) is 3.79. The number of fused-ring (bicyclic) bond motifs is 1. The molecule has 2 N–H and O–H groups in total. The molecule has 0 aliphatic carbocycles. The van der Waals surface area contributed by atoms with Gasteiger partial charge in [-0.15, -0.1) is 21.5 Å². The van der Waals surface area contributed by atoms with Crippen molar-refractivity contribution >= 4 is 27.5 Å². The van der Waals surface area contributed by atoms with Crippen molar-refractivity contribution in [2.24, 2.45) is 0 Å². The maximum absolute atomic E-state index is 12.3. The van der Waals surface area contributed by atoms with Gasteiger partial charge >= 0.3 is 0 Å². The van der Waals surface area contributed by atoms with Gasteiger partial charge in [-0.2, -0.15) is 0 Å². The molecule has 3 aromatic heterocycles. The summed E-state index contributed by atoms with van der Waals surface area (Å²) in [5.74, 6) is 1.12. The van der Waals surface area contributed by atoms with Crippen LogP contribution in [0.15, 0.2) is 11.1 Å². The molecule has 0 saturated heterocycles. The number of amides is 1. The van der Waals surface area contributed by atoms with E-state index in [1.54, 1.807) is 6.33 Å². The molecule has 9 heteroatoms.